The van der Waals surface area contributed by atoms with Crippen molar-refractivity contribution in [2.24, 2.45) is 10.9 Å². The molecule has 7 heteroatoms. The first kappa shape index (κ1) is 15.2. The number of hydrogen-bond acceptors (Lipinski definition) is 4. The minimum absolute atomic E-state index is 0.0466. The molecule has 1 heterocycles. The second kappa shape index (κ2) is 6.05. The molecule has 1 aromatic carbocycles. The molecule has 1 aromatic heterocycles. The second-order valence-corrected chi connectivity index (χ2v) is 5.03. The molecule has 0 aliphatic heterocycles. The zero-order valence-electron chi connectivity index (χ0n) is 12.1. The minimum atomic E-state index is 0.0466. The minimum Gasteiger partial charge on any atom is -0.496 e. The zero-order valence-corrected chi connectivity index (χ0v) is 12.8. The van der Waals surface area contributed by atoms with E-state index >= 15 is 0 Å². The van der Waals surface area contributed by atoms with Crippen LogP contribution < -0.4 is 10.5 Å². The van der Waals surface area contributed by atoms with Gasteiger partial charge in [-0.3, -0.25) is 4.68 Å². The molecule has 3 N–H and O–H groups in total. The van der Waals surface area contributed by atoms with Gasteiger partial charge in [-0.2, -0.15) is 5.10 Å². The number of aromatic nitrogens is 2. The van der Waals surface area contributed by atoms with E-state index in [1.54, 1.807) is 30.0 Å². The van der Waals surface area contributed by atoms with Crippen molar-refractivity contribution in [2.45, 2.75) is 20.4 Å². The van der Waals surface area contributed by atoms with Crippen molar-refractivity contribution >= 4 is 17.4 Å². The number of benzene rings is 1. The van der Waals surface area contributed by atoms with Gasteiger partial charge < -0.3 is 15.7 Å². The topological polar surface area (TPSA) is 85.7 Å². The van der Waals surface area contributed by atoms with E-state index in [1.807, 2.05) is 13.8 Å². The summed E-state index contributed by atoms with van der Waals surface area (Å²) in [5, 5.41) is 16.8. The molecule has 0 saturated heterocycles. The molecule has 21 heavy (non-hydrogen) atoms. The third kappa shape index (κ3) is 2.95. The van der Waals surface area contributed by atoms with E-state index in [0.29, 0.717) is 22.9 Å². The van der Waals surface area contributed by atoms with Crippen molar-refractivity contribution in [3.63, 3.8) is 0 Å². The van der Waals surface area contributed by atoms with Crippen LogP contribution in [-0.4, -0.2) is 27.9 Å². The Morgan fingerprint density at radius 2 is 2.19 bits per heavy atom. The normalized spacial score (nSPS) is 11.7. The van der Waals surface area contributed by atoms with Crippen LogP contribution in [0.25, 0.3) is 0 Å². The van der Waals surface area contributed by atoms with Gasteiger partial charge in [0.2, 0.25) is 0 Å². The summed E-state index contributed by atoms with van der Waals surface area (Å²) >= 11 is 6.16. The highest BCUT2D eigenvalue weighted by Gasteiger charge is 2.13. The molecule has 0 radical (unpaired) electrons. The van der Waals surface area contributed by atoms with E-state index in [2.05, 4.69) is 10.3 Å². The number of halogens is 1. The number of nitrogens with zero attached hydrogens (tertiary/aromatic N) is 3. The number of hydrogen-bond donors (Lipinski definition) is 2. The molecule has 0 spiro atoms. The first-order valence-electron chi connectivity index (χ1n) is 6.32. The number of rotatable bonds is 4. The summed E-state index contributed by atoms with van der Waals surface area (Å²) < 4.78 is 7.14. The molecule has 0 bridgehead atoms. The average Bonchev–Trinajstić information content (AvgIpc) is 2.73. The maximum absolute atomic E-state index is 8.78. The fourth-order valence-corrected chi connectivity index (χ4v) is 2.24. The summed E-state index contributed by atoms with van der Waals surface area (Å²) in [6.45, 7) is 4.24. The third-order valence-corrected chi connectivity index (χ3v) is 3.84. The van der Waals surface area contributed by atoms with Crippen molar-refractivity contribution < 1.29 is 9.94 Å². The highest BCUT2D eigenvalue weighted by atomic mass is 35.5. The van der Waals surface area contributed by atoms with Gasteiger partial charge in [-0.15, -0.1) is 0 Å². The predicted molar refractivity (Wildman–Crippen MR) is 81.3 cm³/mol. The lowest BCUT2D eigenvalue weighted by Crippen LogP contribution is -2.14. The lowest BCUT2D eigenvalue weighted by molar-refractivity contribution is 0.318. The molecule has 2 aromatic rings. The van der Waals surface area contributed by atoms with Crippen LogP contribution in [-0.2, 0) is 6.54 Å². The van der Waals surface area contributed by atoms with Crippen LogP contribution in [0.1, 0.15) is 22.5 Å². The summed E-state index contributed by atoms with van der Waals surface area (Å²) in [5.74, 6) is 0.749. The lowest BCUT2D eigenvalue weighted by Gasteiger charge is -2.11. The highest BCUT2D eigenvalue weighted by molar-refractivity contribution is 6.31. The molecular formula is C14H17ClN4O2. The zero-order chi connectivity index (χ0) is 15.6. The Bertz CT molecular complexity index is 695. The number of nitrogens with two attached hydrogens (primary N) is 1. The fraction of sp³-hybridized carbons (Fsp3) is 0.286. The highest BCUT2D eigenvalue weighted by Crippen LogP contribution is 2.24. The average molecular weight is 309 g/mol. The summed E-state index contributed by atoms with van der Waals surface area (Å²) in [7, 11) is 1.59. The number of ether oxygens (including phenoxy) is 1. The number of oxime groups is 1. The summed E-state index contributed by atoms with van der Waals surface area (Å²) in [5.41, 5.74) is 8.76. The van der Waals surface area contributed by atoms with Crippen molar-refractivity contribution in [1.29, 1.82) is 0 Å². The van der Waals surface area contributed by atoms with Crippen LogP contribution in [0.5, 0.6) is 5.75 Å². The van der Waals surface area contributed by atoms with Gasteiger partial charge in [0.05, 0.1) is 30.1 Å². The first-order valence-corrected chi connectivity index (χ1v) is 6.70. The molecular weight excluding hydrogens is 292 g/mol. The van der Waals surface area contributed by atoms with Gasteiger partial charge in [-0.1, -0.05) is 16.8 Å². The maximum atomic E-state index is 8.78. The Labute approximate surface area is 127 Å². The summed E-state index contributed by atoms with van der Waals surface area (Å²) in [6, 6.07) is 5.31. The van der Waals surface area contributed by atoms with Gasteiger partial charge in [0.15, 0.2) is 5.84 Å². The van der Waals surface area contributed by atoms with Crippen LogP contribution in [0.4, 0.5) is 0 Å². The largest absolute Gasteiger partial charge is 0.496 e. The molecule has 2 rings (SSSR count). The molecule has 0 aliphatic carbocycles. The van der Waals surface area contributed by atoms with E-state index in [-0.39, 0.29) is 5.84 Å². The van der Waals surface area contributed by atoms with Crippen LogP contribution in [0.15, 0.2) is 23.4 Å². The Hall–Kier alpha value is -2.21. The molecule has 0 amide bonds. The van der Waals surface area contributed by atoms with Gasteiger partial charge >= 0.3 is 0 Å². The molecule has 6 nitrogen and oxygen atoms in total. The monoisotopic (exact) mass is 308 g/mol. The van der Waals surface area contributed by atoms with E-state index in [4.69, 9.17) is 27.3 Å². The molecule has 0 fully saturated rings. The van der Waals surface area contributed by atoms with Crippen molar-refractivity contribution in [1.82, 2.24) is 9.78 Å². The van der Waals surface area contributed by atoms with E-state index < -0.39 is 0 Å². The van der Waals surface area contributed by atoms with E-state index in [0.717, 1.165) is 17.0 Å². The van der Waals surface area contributed by atoms with Gasteiger partial charge in [0.1, 0.15) is 5.75 Å². The van der Waals surface area contributed by atoms with Gasteiger partial charge in [0, 0.05) is 11.1 Å². The molecule has 112 valence electrons. The standard InChI is InChI=1S/C14H17ClN4O2/c1-8-13(15)9(2)19(17-8)7-11-6-10(14(16)18-20)4-5-12(11)21-3/h4-6,20H,7H2,1-3H3,(H2,16,18). The maximum Gasteiger partial charge on any atom is 0.170 e. The van der Waals surface area contributed by atoms with Crippen molar-refractivity contribution in [2.75, 3.05) is 7.11 Å². The van der Waals surface area contributed by atoms with Crippen LogP contribution in [0, 0.1) is 13.8 Å². The molecule has 0 unspecified atom stereocenters. The SMILES string of the molecule is COc1ccc(/C(N)=N/O)cc1Cn1nc(C)c(Cl)c1C. The Morgan fingerprint density at radius 1 is 1.48 bits per heavy atom. The van der Waals surface area contributed by atoms with E-state index in [9.17, 15) is 0 Å². The van der Waals surface area contributed by atoms with Gasteiger partial charge in [-0.25, -0.2) is 0 Å². The summed E-state index contributed by atoms with van der Waals surface area (Å²) in [6.07, 6.45) is 0. The van der Waals surface area contributed by atoms with Crippen LogP contribution in [0.2, 0.25) is 5.02 Å². The summed E-state index contributed by atoms with van der Waals surface area (Å²) in [4.78, 5) is 0. The van der Waals surface area contributed by atoms with E-state index in [1.165, 1.54) is 0 Å². The van der Waals surface area contributed by atoms with Gasteiger partial charge in [-0.05, 0) is 32.0 Å². The Morgan fingerprint density at radius 3 is 2.71 bits per heavy atom. The van der Waals surface area contributed by atoms with Crippen molar-refractivity contribution in [3.8, 4) is 5.75 Å². The Balaban J connectivity index is 2.44. The Kier molecular flexibility index (Phi) is 4.37. The first-order chi connectivity index (χ1) is 9.97. The predicted octanol–water partition coefficient (Wildman–Crippen LogP) is 2.30. The van der Waals surface area contributed by atoms with Crippen molar-refractivity contribution in [3.05, 3.63) is 45.7 Å². The number of methoxy groups -OCH3 is 1. The van der Waals surface area contributed by atoms with Crippen LogP contribution >= 0.6 is 11.6 Å². The second-order valence-electron chi connectivity index (χ2n) is 4.65. The number of aryl methyl sites for hydroxylation is 1. The number of amidine groups is 1. The quantitative estimate of drug-likeness (QED) is 0.393. The third-order valence-electron chi connectivity index (χ3n) is 3.30. The van der Waals surface area contributed by atoms with Crippen LogP contribution in [0.3, 0.4) is 0 Å². The lowest BCUT2D eigenvalue weighted by atomic mass is 10.1. The van der Waals surface area contributed by atoms with Gasteiger partial charge in [0.25, 0.3) is 0 Å². The molecule has 0 aliphatic rings. The molecule has 0 saturated carbocycles. The molecule has 0 atom stereocenters. The fourth-order valence-electron chi connectivity index (χ4n) is 2.11. The smallest absolute Gasteiger partial charge is 0.170 e.